The first-order valence-corrected chi connectivity index (χ1v) is 8.71. The highest BCUT2D eigenvalue weighted by Crippen LogP contribution is 2.36. The first kappa shape index (κ1) is 19.0. The minimum absolute atomic E-state index is 0.0336. The highest BCUT2D eigenvalue weighted by Gasteiger charge is 2.34. The Bertz CT molecular complexity index is 844. The van der Waals surface area contributed by atoms with Crippen molar-refractivity contribution in [2.75, 3.05) is 23.3 Å². The van der Waals surface area contributed by atoms with Crippen molar-refractivity contribution in [2.24, 2.45) is 0 Å². The van der Waals surface area contributed by atoms with Gasteiger partial charge in [-0.2, -0.15) is 18.4 Å². The first-order valence-electron chi connectivity index (χ1n) is 8.71. The summed E-state index contributed by atoms with van der Waals surface area (Å²) in [6.07, 6.45) is -3.11. The molecule has 0 spiro atoms. The van der Waals surface area contributed by atoms with Crippen LogP contribution in [-0.2, 0) is 6.18 Å². The second kappa shape index (κ2) is 7.43. The zero-order chi connectivity index (χ0) is 19.6. The second-order valence-electron chi connectivity index (χ2n) is 6.69. The number of hydrogen-bond donors (Lipinski definition) is 1. The van der Waals surface area contributed by atoms with Gasteiger partial charge in [-0.25, -0.2) is 9.97 Å². The van der Waals surface area contributed by atoms with E-state index in [1.54, 1.807) is 0 Å². The molecule has 8 heteroatoms. The molecule has 1 N–H and O–H groups in total. The van der Waals surface area contributed by atoms with Crippen LogP contribution in [0, 0.1) is 25.2 Å². The fourth-order valence-electron chi connectivity index (χ4n) is 3.31. The van der Waals surface area contributed by atoms with E-state index < -0.39 is 11.7 Å². The lowest BCUT2D eigenvalue weighted by molar-refractivity contribution is -0.137. The highest BCUT2D eigenvalue weighted by atomic mass is 19.4. The average Bonchev–Trinajstić information content (AvgIpc) is 2.60. The number of aryl methyl sites for hydroxylation is 2. The van der Waals surface area contributed by atoms with E-state index in [1.807, 2.05) is 26.0 Å². The molecule has 1 aromatic carbocycles. The molecule has 0 radical (unpaired) electrons. The molecule has 1 aromatic heterocycles. The molecule has 1 fully saturated rings. The number of rotatable bonds is 3. The highest BCUT2D eigenvalue weighted by molar-refractivity contribution is 5.57. The minimum atomic E-state index is -4.47. The van der Waals surface area contributed by atoms with Crippen LogP contribution in [0.15, 0.2) is 24.3 Å². The van der Waals surface area contributed by atoms with Crippen LogP contribution in [0.2, 0.25) is 0 Å². The monoisotopic (exact) mass is 375 g/mol. The summed E-state index contributed by atoms with van der Waals surface area (Å²) in [6, 6.07) is 7.13. The zero-order valence-corrected chi connectivity index (χ0v) is 15.1. The molecule has 0 saturated carbocycles. The van der Waals surface area contributed by atoms with Gasteiger partial charge in [0.05, 0.1) is 17.2 Å². The van der Waals surface area contributed by atoms with Gasteiger partial charge < -0.3 is 10.2 Å². The van der Waals surface area contributed by atoms with E-state index in [0.29, 0.717) is 31.8 Å². The lowest BCUT2D eigenvalue weighted by Gasteiger charge is -2.34. The number of halogens is 3. The van der Waals surface area contributed by atoms with Crippen LogP contribution in [0.25, 0.3) is 0 Å². The number of nitrogens with one attached hydrogen (secondary N) is 1. The zero-order valence-electron chi connectivity index (χ0n) is 15.1. The maximum absolute atomic E-state index is 13.3. The quantitative estimate of drug-likeness (QED) is 0.876. The van der Waals surface area contributed by atoms with Crippen molar-refractivity contribution in [3.8, 4) is 6.07 Å². The molecule has 2 heterocycles. The van der Waals surface area contributed by atoms with Crippen molar-refractivity contribution in [1.29, 1.82) is 5.26 Å². The van der Waals surface area contributed by atoms with Gasteiger partial charge in [-0.15, -0.1) is 0 Å². The Kier molecular flexibility index (Phi) is 5.22. The van der Waals surface area contributed by atoms with Crippen molar-refractivity contribution in [1.82, 2.24) is 9.97 Å². The summed E-state index contributed by atoms with van der Waals surface area (Å²) in [5.74, 6) is 1.55. The number of hydrogen-bond acceptors (Lipinski definition) is 5. The van der Waals surface area contributed by atoms with Crippen LogP contribution >= 0.6 is 0 Å². The summed E-state index contributed by atoms with van der Waals surface area (Å²) < 4.78 is 39.8. The molecule has 27 heavy (non-hydrogen) atoms. The third-order valence-electron chi connectivity index (χ3n) is 4.59. The lowest BCUT2D eigenvalue weighted by Crippen LogP contribution is -2.40. The molecule has 0 bridgehead atoms. The van der Waals surface area contributed by atoms with Gasteiger partial charge in [0.1, 0.15) is 11.6 Å². The predicted octanol–water partition coefficient (Wildman–Crippen LogP) is 4.06. The van der Waals surface area contributed by atoms with Gasteiger partial charge >= 0.3 is 6.18 Å². The molecule has 5 nitrogen and oxygen atoms in total. The fraction of sp³-hybridized carbons (Fsp3) is 0.421. The predicted molar refractivity (Wildman–Crippen MR) is 96.5 cm³/mol. The Morgan fingerprint density at radius 2 is 1.85 bits per heavy atom. The van der Waals surface area contributed by atoms with Crippen LogP contribution in [-0.4, -0.2) is 29.1 Å². The van der Waals surface area contributed by atoms with Crippen molar-refractivity contribution in [3.05, 3.63) is 46.9 Å². The lowest BCUT2D eigenvalue weighted by atomic mass is 10.0. The Labute approximate surface area is 155 Å². The summed E-state index contributed by atoms with van der Waals surface area (Å²) in [5, 5.41) is 12.0. The van der Waals surface area contributed by atoms with Crippen molar-refractivity contribution in [3.63, 3.8) is 0 Å². The van der Waals surface area contributed by atoms with E-state index in [2.05, 4.69) is 20.2 Å². The molecule has 1 aliphatic heterocycles. The molecular formula is C19H20F3N5. The Hall–Kier alpha value is -2.82. The van der Waals surface area contributed by atoms with Crippen LogP contribution in [0.1, 0.15) is 35.5 Å². The molecule has 1 aliphatic rings. The van der Waals surface area contributed by atoms with Gasteiger partial charge in [0.25, 0.3) is 0 Å². The average molecular weight is 375 g/mol. The number of anilines is 2. The molecule has 142 valence electrons. The molecule has 3 rings (SSSR count). The van der Waals surface area contributed by atoms with Gasteiger partial charge in [-0.05, 0) is 44.9 Å². The Balaban J connectivity index is 1.71. The van der Waals surface area contributed by atoms with E-state index in [-0.39, 0.29) is 17.3 Å². The van der Waals surface area contributed by atoms with E-state index in [1.165, 1.54) is 12.1 Å². The van der Waals surface area contributed by atoms with E-state index >= 15 is 0 Å². The Morgan fingerprint density at radius 3 is 2.44 bits per heavy atom. The normalized spacial score (nSPS) is 15.5. The van der Waals surface area contributed by atoms with Gasteiger partial charge in [0, 0.05) is 36.6 Å². The number of aromatic nitrogens is 2. The summed E-state index contributed by atoms with van der Waals surface area (Å²) in [6.45, 7) is 5.12. The summed E-state index contributed by atoms with van der Waals surface area (Å²) in [5.41, 5.74) is 0.315. The smallest absolute Gasteiger partial charge is 0.382 e. The van der Waals surface area contributed by atoms with E-state index in [0.717, 1.165) is 17.6 Å². The van der Waals surface area contributed by atoms with Gasteiger partial charge in [0.15, 0.2) is 0 Å². The number of nitriles is 1. The standard InChI is InChI=1S/C19H20F3N5/c1-12-9-18(25-13(2)24-12)27-7-5-15(6-8-27)26-17-10-14(11-23)3-4-16(17)19(20,21)22/h3-4,9-10,15,26H,5-8H2,1-2H3. The van der Waals surface area contributed by atoms with Gasteiger partial charge in [-0.3, -0.25) is 0 Å². The van der Waals surface area contributed by atoms with Crippen molar-refractivity contribution >= 4 is 11.5 Å². The minimum Gasteiger partial charge on any atom is -0.382 e. The van der Waals surface area contributed by atoms with Crippen LogP contribution in [0.4, 0.5) is 24.7 Å². The molecule has 0 atom stereocenters. The van der Waals surface area contributed by atoms with Crippen LogP contribution in [0.3, 0.4) is 0 Å². The van der Waals surface area contributed by atoms with E-state index in [4.69, 9.17) is 5.26 Å². The SMILES string of the molecule is Cc1cc(N2CCC(Nc3cc(C#N)ccc3C(F)(F)F)CC2)nc(C)n1. The molecule has 1 saturated heterocycles. The Morgan fingerprint density at radius 1 is 1.15 bits per heavy atom. The van der Waals surface area contributed by atoms with Crippen LogP contribution < -0.4 is 10.2 Å². The number of piperidine rings is 1. The molecule has 2 aromatic rings. The molecule has 0 unspecified atom stereocenters. The number of alkyl halides is 3. The van der Waals surface area contributed by atoms with Crippen molar-refractivity contribution < 1.29 is 13.2 Å². The number of nitrogens with zero attached hydrogens (tertiary/aromatic N) is 4. The summed E-state index contributed by atoms with van der Waals surface area (Å²) in [4.78, 5) is 10.8. The van der Waals surface area contributed by atoms with Crippen LogP contribution in [0.5, 0.6) is 0 Å². The summed E-state index contributed by atoms with van der Waals surface area (Å²) >= 11 is 0. The topological polar surface area (TPSA) is 64.8 Å². The molecular weight excluding hydrogens is 355 g/mol. The third kappa shape index (κ3) is 4.48. The maximum atomic E-state index is 13.3. The largest absolute Gasteiger partial charge is 0.418 e. The number of benzene rings is 1. The van der Waals surface area contributed by atoms with Gasteiger partial charge in [-0.1, -0.05) is 0 Å². The maximum Gasteiger partial charge on any atom is 0.418 e. The second-order valence-corrected chi connectivity index (χ2v) is 6.69. The molecule has 0 aliphatic carbocycles. The molecule has 0 amide bonds. The summed E-state index contributed by atoms with van der Waals surface area (Å²) in [7, 11) is 0. The van der Waals surface area contributed by atoms with Gasteiger partial charge in [0.2, 0.25) is 0 Å². The van der Waals surface area contributed by atoms with E-state index in [9.17, 15) is 13.2 Å². The first-order chi connectivity index (χ1) is 12.8. The fourth-order valence-corrected chi connectivity index (χ4v) is 3.31. The van der Waals surface area contributed by atoms with Crippen molar-refractivity contribution in [2.45, 2.75) is 38.9 Å². The third-order valence-corrected chi connectivity index (χ3v) is 4.59.